The Hall–Kier alpha value is -2.36. The second kappa shape index (κ2) is 8.35. The lowest BCUT2D eigenvalue weighted by Gasteiger charge is -2.36. The summed E-state index contributed by atoms with van der Waals surface area (Å²) in [5.41, 5.74) is -0.163. The van der Waals surface area contributed by atoms with Gasteiger partial charge in [0.1, 0.15) is 5.54 Å². The average molecular weight is 352 g/mol. The molecule has 0 heterocycles. The molecule has 0 atom stereocenters. The molecule has 4 heteroatoms. The summed E-state index contributed by atoms with van der Waals surface area (Å²) in [6, 6.07) is 13.7. The van der Waals surface area contributed by atoms with Crippen LogP contribution in [-0.2, 0) is 4.79 Å². The summed E-state index contributed by atoms with van der Waals surface area (Å²) in [5.74, 6) is -0.192. The SMILES string of the molecule is CCCCNC(=O)C1(NC(=O)c2ccc3ccccc3c2)CCCCC1. The highest BCUT2D eigenvalue weighted by Gasteiger charge is 2.40. The fraction of sp³-hybridized carbons (Fsp3) is 0.455. The molecule has 0 unspecified atom stereocenters. The van der Waals surface area contributed by atoms with Gasteiger partial charge in [-0.05, 0) is 42.2 Å². The normalized spacial score (nSPS) is 16.2. The monoisotopic (exact) mass is 352 g/mol. The van der Waals surface area contributed by atoms with Crippen LogP contribution in [0.5, 0.6) is 0 Å². The van der Waals surface area contributed by atoms with Gasteiger partial charge in [0.2, 0.25) is 5.91 Å². The van der Waals surface area contributed by atoms with E-state index in [1.807, 2.05) is 42.5 Å². The number of unbranched alkanes of at least 4 members (excludes halogenated alkanes) is 1. The zero-order valence-corrected chi connectivity index (χ0v) is 15.5. The van der Waals surface area contributed by atoms with E-state index < -0.39 is 5.54 Å². The van der Waals surface area contributed by atoms with Gasteiger partial charge >= 0.3 is 0 Å². The summed E-state index contributed by atoms with van der Waals surface area (Å²) < 4.78 is 0. The molecular formula is C22H28N2O2. The number of carbonyl (C=O) groups excluding carboxylic acids is 2. The van der Waals surface area contributed by atoms with E-state index in [1.165, 1.54) is 0 Å². The summed E-state index contributed by atoms with van der Waals surface area (Å²) in [7, 11) is 0. The molecular weight excluding hydrogens is 324 g/mol. The first-order valence-corrected chi connectivity index (χ1v) is 9.74. The van der Waals surface area contributed by atoms with Gasteiger partial charge in [-0.2, -0.15) is 0 Å². The fourth-order valence-corrected chi connectivity index (χ4v) is 3.73. The Kier molecular flexibility index (Phi) is 5.92. The van der Waals surface area contributed by atoms with Crippen molar-refractivity contribution in [3.63, 3.8) is 0 Å². The second-order valence-electron chi connectivity index (χ2n) is 7.27. The molecule has 0 bridgehead atoms. The Balaban J connectivity index is 1.78. The van der Waals surface area contributed by atoms with Crippen molar-refractivity contribution in [2.45, 2.75) is 57.4 Å². The van der Waals surface area contributed by atoms with Crippen molar-refractivity contribution < 1.29 is 9.59 Å². The number of benzene rings is 2. The molecule has 1 aliphatic carbocycles. The van der Waals surface area contributed by atoms with Crippen molar-refractivity contribution in [1.82, 2.24) is 10.6 Å². The highest BCUT2D eigenvalue weighted by molar-refractivity contribution is 6.01. The Labute approximate surface area is 155 Å². The maximum atomic E-state index is 12.9. The highest BCUT2D eigenvalue weighted by atomic mass is 16.2. The molecule has 2 aromatic carbocycles. The van der Waals surface area contributed by atoms with Crippen LogP contribution in [0.2, 0.25) is 0 Å². The predicted octanol–water partition coefficient (Wildman–Crippen LogP) is 4.19. The first kappa shape index (κ1) is 18.4. The summed E-state index contributed by atoms with van der Waals surface area (Å²) in [5, 5.41) is 8.25. The van der Waals surface area contributed by atoms with Crippen LogP contribution in [0.4, 0.5) is 0 Å². The zero-order valence-electron chi connectivity index (χ0n) is 15.5. The molecule has 3 rings (SSSR count). The van der Waals surface area contributed by atoms with Crippen molar-refractivity contribution in [3.8, 4) is 0 Å². The van der Waals surface area contributed by atoms with E-state index in [0.717, 1.165) is 42.9 Å². The van der Waals surface area contributed by atoms with E-state index in [1.54, 1.807) is 0 Å². The number of fused-ring (bicyclic) bond motifs is 1. The summed E-state index contributed by atoms with van der Waals surface area (Å²) in [6.07, 6.45) is 6.49. The Morgan fingerprint density at radius 3 is 2.46 bits per heavy atom. The smallest absolute Gasteiger partial charge is 0.252 e. The molecule has 0 spiro atoms. The first-order chi connectivity index (χ1) is 12.6. The topological polar surface area (TPSA) is 58.2 Å². The third-order valence-electron chi connectivity index (χ3n) is 5.32. The Morgan fingerprint density at radius 2 is 1.73 bits per heavy atom. The lowest BCUT2D eigenvalue weighted by Crippen LogP contribution is -2.59. The molecule has 138 valence electrons. The summed E-state index contributed by atoms with van der Waals surface area (Å²) in [4.78, 5) is 25.8. The molecule has 0 saturated heterocycles. The van der Waals surface area contributed by atoms with Crippen molar-refractivity contribution in [2.75, 3.05) is 6.54 Å². The molecule has 2 amide bonds. The fourth-order valence-electron chi connectivity index (χ4n) is 3.73. The summed E-state index contributed by atoms with van der Waals surface area (Å²) >= 11 is 0. The minimum atomic E-state index is -0.769. The van der Waals surface area contributed by atoms with Gasteiger partial charge in [0.25, 0.3) is 5.91 Å². The molecule has 26 heavy (non-hydrogen) atoms. The van der Waals surface area contributed by atoms with Gasteiger partial charge in [-0.25, -0.2) is 0 Å². The van der Waals surface area contributed by atoms with Crippen LogP contribution in [0, 0.1) is 0 Å². The van der Waals surface area contributed by atoms with Gasteiger partial charge in [0.15, 0.2) is 0 Å². The molecule has 2 aromatic rings. The second-order valence-corrected chi connectivity index (χ2v) is 7.27. The third-order valence-corrected chi connectivity index (χ3v) is 5.32. The van der Waals surface area contributed by atoms with Crippen LogP contribution in [-0.4, -0.2) is 23.9 Å². The van der Waals surface area contributed by atoms with Gasteiger partial charge < -0.3 is 10.6 Å². The van der Waals surface area contributed by atoms with Gasteiger partial charge in [-0.1, -0.05) is 62.9 Å². The van der Waals surface area contributed by atoms with E-state index >= 15 is 0 Å². The van der Waals surface area contributed by atoms with Gasteiger partial charge in [-0.15, -0.1) is 0 Å². The molecule has 2 N–H and O–H groups in total. The standard InChI is InChI=1S/C22H28N2O2/c1-2-3-15-23-21(26)22(13-7-4-8-14-22)24-20(25)19-12-11-17-9-5-6-10-18(17)16-19/h5-6,9-12,16H,2-4,7-8,13-15H2,1H3,(H,23,26)(H,24,25). The van der Waals surface area contributed by atoms with Crippen molar-refractivity contribution in [1.29, 1.82) is 0 Å². The van der Waals surface area contributed by atoms with Crippen molar-refractivity contribution in [2.24, 2.45) is 0 Å². The Morgan fingerprint density at radius 1 is 1.00 bits per heavy atom. The van der Waals surface area contributed by atoms with E-state index in [-0.39, 0.29) is 11.8 Å². The number of nitrogens with one attached hydrogen (secondary N) is 2. The quantitative estimate of drug-likeness (QED) is 0.766. The van der Waals surface area contributed by atoms with E-state index in [9.17, 15) is 9.59 Å². The van der Waals surface area contributed by atoms with Crippen LogP contribution in [0.3, 0.4) is 0 Å². The number of amides is 2. The molecule has 1 saturated carbocycles. The lowest BCUT2D eigenvalue weighted by molar-refractivity contribution is -0.128. The number of hydrogen-bond donors (Lipinski definition) is 2. The molecule has 0 radical (unpaired) electrons. The highest BCUT2D eigenvalue weighted by Crippen LogP contribution is 2.29. The minimum absolute atomic E-state index is 0.0280. The van der Waals surface area contributed by atoms with E-state index in [0.29, 0.717) is 24.9 Å². The van der Waals surface area contributed by atoms with Crippen molar-refractivity contribution in [3.05, 3.63) is 48.0 Å². The zero-order chi connectivity index (χ0) is 18.4. The maximum Gasteiger partial charge on any atom is 0.252 e. The third kappa shape index (κ3) is 4.06. The van der Waals surface area contributed by atoms with Crippen molar-refractivity contribution >= 4 is 22.6 Å². The van der Waals surface area contributed by atoms with Gasteiger partial charge in [0, 0.05) is 12.1 Å². The van der Waals surface area contributed by atoms with Crippen LogP contribution < -0.4 is 10.6 Å². The predicted molar refractivity (Wildman–Crippen MR) is 105 cm³/mol. The van der Waals surface area contributed by atoms with E-state index in [4.69, 9.17) is 0 Å². The largest absolute Gasteiger partial charge is 0.354 e. The Bertz CT molecular complexity index is 779. The number of carbonyl (C=O) groups is 2. The van der Waals surface area contributed by atoms with Crippen LogP contribution in [0.15, 0.2) is 42.5 Å². The molecule has 0 aromatic heterocycles. The number of rotatable bonds is 6. The van der Waals surface area contributed by atoms with Crippen LogP contribution >= 0.6 is 0 Å². The van der Waals surface area contributed by atoms with Gasteiger partial charge in [-0.3, -0.25) is 9.59 Å². The first-order valence-electron chi connectivity index (χ1n) is 9.74. The maximum absolute atomic E-state index is 12.9. The average Bonchev–Trinajstić information content (AvgIpc) is 2.68. The minimum Gasteiger partial charge on any atom is -0.354 e. The molecule has 4 nitrogen and oxygen atoms in total. The molecule has 1 aliphatic rings. The van der Waals surface area contributed by atoms with Gasteiger partial charge in [0.05, 0.1) is 0 Å². The van der Waals surface area contributed by atoms with E-state index in [2.05, 4.69) is 17.6 Å². The van der Waals surface area contributed by atoms with Crippen LogP contribution in [0.1, 0.15) is 62.2 Å². The summed E-state index contributed by atoms with van der Waals surface area (Å²) in [6.45, 7) is 2.77. The molecule has 1 fully saturated rings. The number of hydrogen-bond acceptors (Lipinski definition) is 2. The lowest BCUT2D eigenvalue weighted by atomic mass is 9.80. The molecule has 0 aliphatic heterocycles. The van der Waals surface area contributed by atoms with Crippen LogP contribution in [0.25, 0.3) is 10.8 Å².